The standard InChI is InChI=1S/2C24H27F3N4O5S/c2*1-35-8-7-31-13-16(12-29-31)15-3-4-21(19(9-15)24(25,26)27)37(33,34)17-10-18(20(11-17)36-2)22(32)30-23(14-28)5-6-23/h2*3-4,9,12-13,17-18,20H,5-8,10-11H2,1-2H3,(H,30,32)/t2*17-,18-,20-/m10/s1. The Bertz CT molecular complexity index is 2830. The highest BCUT2D eigenvalue weighted by Crippen LogP contribution is 2.45. The molecule has 4 saturated carbocycles. The van der Waals surface area contributed by atoms with E-state index in [1.54, 1.807) is 12.4 Å². The smallest absolute Gasteiger partial charge is 0.383 e. The molecule has 6 atom stereocenters. The van der Waals surface area contributed by atoms with Gasteiger partial charge in [-0.2, -0.15) is 47.1 Å². The zero-order valence-corrected chi connectivity index (χ0v) is 42.2. The second kappa shape index (κ2) is 21.8. The van der Waals surface area contributed by atoms with E-state index in [4.69, 9.17) is 18.9 Å². The summed E-state index contributed by atoms with van der Waals surface area (Å²) < 4.78 is 162. The van der Waals surface area contributed by atoms with Gasteiger partial charge >= 0.3 is 12.4 Å². The van der Waals surface area contributed by atoms with Crippen LogP contribution < -0.4 is 10.6 Å². The topological polar surface area (TPSA) is 247 Å². The fourth-order valence-electron chi connectivity index (χ4n) is 9.28. The lowest BCUT2D eigenvalue weighted by atomic mass is 10.0. The number of halogens is 6. The summed E-state index contributed by atoms with van der Waals surface area (Å²) in [5.41, 5.74) is -3.34. The van der Waals surface area contributed by atoms with Crippen LogP contribution in [0.15, 0.2) is 71.0 Å². The number of carbonyl (C=O) groups excluding carboxylic acids is 2. The number of sulfone groups is 2. The van der Waals surface area contributed by atoms with E-state index in [0.717, 1.165) is 24.3 Å². The van der Waals surface area contributed by atoms with Gasteiger partial charge in [-0.15, -0.1) is 0 Å². The Morgan fingerprint density at radius 2 is 1.00 bits per heavy atom. The number of nitrogens with zero attached hydrogens (tertiary/aromatic N) is 6. The maximum atomic E-state index is 14.1. The first kappa shape index (κ1) is 55.8. The van der Waals surface area contributed by atoms with Crippen molar-refractivity contribution in [2.24, 2.45) is 11.8 Å². The van der Waals surface area contributed by atoms with Crippen LogP contribution in [0.2, 0.25) is 0 Å². The van der Waals surface area contributed by atoms with Crippen LogP contribution in [0.5, 0.6) is 0 Å². The van der Waals surface area contributed by atoms with Crippen molar-refractivity contribution >= 4 is 31.5 Å². The third-order valence-corrected chi connectivity index (χ3v) is 18.4. The molecule has 4 aromatic rings. The molecular weight excluding hydrogens is 1030 g/mol. The predicted molar refractivity (Wildman–Crippen MR) is 250 cm³/mol. The maximum Gasteiger partial charge on any atom is 0.417 e. The second-order valence-corrected chi connectivity index (χ2v) is 23.2. The molecule has 4 aliphatic carbocycles. The summed E-state index contributed by atoms with van der Waals surface area (Å²) >= 11 is 0. The van der Waals surface area contributed by atoms with Gasteiger partial charge in [0, 0.05) is 52.0 Å². The average Bonchev–Trinajstić information content (AvgIpc) is 3.91. The van der Waals surface area contributed by atoms with Crippen molar-refractivity contribution in [3.8, 4) is 34.4 Å². The zero-order chi connectivity index (χ0) is 54.0. The van der Waals surface area contributed by atoms with Gasteiger partial charge in [0.2, 0.25) is 11.8 Å². The molecular formula is C48H54F6N8O10S2. The van der Waals surface area contributed by atoms with Crippen LogP contribution >= 0.6 is 0 Å². The van der Waals surface area contributed by atoms with Gasteiger partial charge < -0.3 is 29.6 Å². The summed E-state index contributed by atoms with van der Waals surface area (Å²) in [7, 11) is -3.30. The number of rotatable bonds is 18. The Morgan fingerprint density at radius 3 is 1.30 bits per heavy atom. The van der Waals surface area contributed by atoms with E-state index < -0.39 is 110 Å². The Morgan fingerprint density at radius 1 is 0.635 bits per heavy atom. The maximum absolute atomic E-state index is 14.1. The molecule has 2 aromatic heterocycles. The van der Waals surface area contributed by atoms with Crippen LogP contribution in [0.3, 0.4) is 0 Å². The predicted octanol–water partition coefficient (Wildman–Crippen LogP) is 5.91. The Hall–Kier alpha value is -5.90. The number of aromatic nitrogens is 4. The summed E-state index contributed by atoms with van der Waals surface area (Å²) in [4.78, 5) is 23.9. The number of hydrogen-bond donors (Lipinski definition) is 2. The molecule has 0 unspecified atom stereocenters. The van der Waals surface area contributed by atoms with Gasteiger partial charge in [0.1, 0.15) is 11.1 Å². The van der Waals surface area contributed by atoms with Crippen molar-refractivity contribution in [1.29, 1.82) is 10.5 Å². The molecule has 0 saturated heterocycles. The van der Waals surface area contributed by atoms with Gasteiger partial charge in [0.05, 0.1) is 106 Å². The van der Waals surface area contributed by atoms with Crippen LogP contribution in [0.1, 0.15) is 62.5 Å². The number of alkyl halides is 6. The van der Waals surface area contributed by atoms with Crippen molar-refractivity contribution in [2.75, 3.05) is 41.7 Å². The third kappa shape index (κ3) is 12.1. The van der Waals surface area contributed by atoms with E-state index in [0.29, 0.717) is 63.1 Å². The molecule has 2 aromatic carbocycles. The van der Waals surface area contributed by atoms with Crippen LogP contribution in [0.25, 0.3) is 22.3 Å². The van der Waals surface area contributed by atoms with Crippen LogP contribution in [0.4, 0.5) is 26.3 Å². The van der Waals surface area contributed by atoms with E-state index in [1.165, 1.54) is 62.3 Å². The highest BCUT2D eigenvalue weighted by atomic mass is 32.2. The fourth-order valence-corrected chi connectivity index (χ4v) is 13.3. The van der Waals surface area contributed by atoms with Crippen molar-refractivity contribution in [3.63, 3.8) is 0 Å². The lowest BCUT2D eigenvalue weighted by molar-refractivity contribution is -0.140. The second-order valence-electron chi connectivity index (χ2n) is 18.8. The van der Waals surface area contributed by atoms with Crippen LogP contribution in [-0.4, -0.2) is 124 Å². The van der Waals surface area contributed by atoms with Gasteiger partial charge in [-0.3, -0.25) is 19.0 Å². The first-order chi connectivity index (χ1) is 34.9. The molecule has 4 fully saturated rings. The highest BCUT2D eigenvalue weighted by molar-refractivity contribution is 7.92. The Labute approximate surface area is 423 Å². The minimum Gasteiger partial charge on any atom is -0.383 e. The molecule has 74 heavy (non-hydrogen) atoms. The van der Waals surface area contributed by atoms with E-state index in [-0.39, 0.29) is 36.8 Å². The zero-order valence-electron chi connectivity index (χ0n) is 40.6. The number of carbonyl (C=O) groups is 2. The van der Waals surface area contributed by atoms with Crippen LogP contribution in [-0.2, 0) is 73.7 Å². The first-order valence-electron chi connectivity index (χ1n) is 23.3. The molecule has 0 spiro atoms. The van der Waals surface area contributed by atoms with E-state index >= 15 is 0 Å². The summed E-state index contributed by atoms with van der Waals surface area (Å²) in [6.07, 6.45) is -4.29. The molecule has 18 nitrogen and oxygen atoms in total. The number of nitrogens with one attached hydrogen (secondary N) is 2. The summed E-state index contributed by atoms with van der Waals surface area (Å²) in [5.74, 6) is -2.86. The normalized spacial score (nSPS) is 23.0. The minimum atomic E-state index is -4.94. The Kier molecular flexibility index (Phi) is 16.4. The van der Waals surface area contributed by atoms with E-state index in [2.05, 4.69) is 20.8 Å². The van der Waals surface area contributed by atoms with Crippen molar-refractivity contribution in [2.45, 2.75) is 120 Å². The van der Waals surface area contributed by atoms with Gasteiger partial charge in [-0.25, -0.2) is 16.8 Å². The molecule has 26 heteroatoms. The SMILES string of the molecule is COCCn1cc(-c2ccc(S(=O)(=O)[C@@H]3C[C@H](OC)[C@@H](C(=O)NC4(C#N)CC4)C3)c(C(F)(F)F)c2)cn1.COCCn1cc(-c2ccc(S(=O)(=O)[C@H]3C[C@@H](OC)[C@H](C(=O)NC4(C#N)CC4)C3)c(C(F)(F)F)c2)cn1. The highest BCUT2D eigenvalue weighted by Gasteiger charge is 2.53. The summed E-state index contributed by atoms with van der Waals surface area (Å²) in [5, 5.41) is 29.5. The fraction of sp³-hybridized carbons (Fsp3) is 0.542. The molecule has 2 heterocycles. The number of methoxy groups -OCH3 is 4. The Balaban J connectivity index is 0.000000216. The molecule has 8 rings (SSSR count). The van der Waals surface area contributed by atoms with Crippen molar-refractivity contribution < 1.29 is 71.7 Å². The van der Waals surface area contributed by atoms with Gasteiger partial charge in [-0.1, -0.05) is 12.1 Å². The summed E-state index contributed by atoms with van der Waals surface area (Å²) in [6.45, 7) is 1.54. The minimum absolute atomic E-state index is 0.137. The quantitative estimate of drug-likeness (QED) is 0.110. The monoisotopic (exact) mass is 1080 g/mol. The van der Waals surface area contributed by atoms with E-state index in [1.807, 2.05) is 12.1 Å². The molecule has 4 aliphatic rings. The average molecular weight is 1080 g/mol. The number of amides is 2. The molecule has 0 bridgehead atoms. The number of hydrogen-bond acceptors (Lipinski definition) is 14. The van der Waals surface area contributed by atoms with Gasteiger partial charge in [-0.05, 0) is 86.8 Å². The number of benzene rings is 2. The summed E-state index contributed by atoms with van der Waals surface area (Å²) in [6, 6.07) is 10.2. The molecule has 0 radical (unpaired) electrons. The van der Waals surface area contributed by atoms with Crippen LogP contribution in [0, 0.1) is 34.5 Å². The lowest BCUT2D eigenvalue weighted by Crippen LogP contribution is -2.42. The van der Waals surface area contributed by atoms with E-state index in [9.17, 15) is 63.3 Å². The molecule has 2 N–H and O–H groups in total. The molecule has 0 aliphatic heterocycles. The third-order valence-electron chi connectivity index (χ3n) is 13.9. The van der Waals surface area contributed by atoms with Gasteiger partial charge in [0.25, 0.3) is 0 Å². The number of ether oxygens (including phenoxy) is 4. The van der Waals surface area contributed by atoms with Crippen molar-refractivity contribution in [3.05, 3.63) is 72.3 Å². The van der Waals surface area contributed by atoms with Crippen molar-refractivity contribution in [1.82, 2.24) is 30.2 Å². The molecule has 2 amide bonds. The number of nitriles is 2. The first-order valence-corrected chi connectivity index (χ1v) is 26.4. The lowest BCUT2D eigenvalue weighted by Gasteiger charge is -2.19. The largest absolute Gasteiger partial charge is 0.417 e. The van der Waals surface area contributed by atoms with Gasteiger partial charge in [0.15, 0.2) is 19.7 Å². The molecule has 400 valence electrons.